The first kappa shape index (κ1) is 15.0. The number of nitrogens with one attached hydrogen (secondary N) is 2. The lowest BCUT2D eigenvalue weighted by Crippen LogP contribution is -2.40. The Morgan fingerprint density at radius 2 is 1.90 bits per heavy atom. The van der Waals surface area contributed by atoms with Gasteiger partial charge in [0.1, 0.15) is 0 Å². The first-order chi connectivity index (χ1) is 9.36. The van der Waals surface area contributed by atoms with E-state index in [9.17, 15) is 4.79 Å². The second kappa shape index (κ2) is 5.96. The molecule has 1 heterocycles. The molecule has 20 heavy (non-hydrogen) atoms. The third-order valence-corrected chi connectivity index (χ3v) is 4.01. The molecule has 1 aromatic rings. The summed E-state index contributed by atoms with van der Waals surface area (Å²) in [7, 11) is 0. The number of piperidine rings is 1. The molecule has 1 fully saturated rings. The number of hydrogen-bond donors (Lipinski definition) is 2. The molecule has 1 aliphatic heterocycles. The van der Waals surface area contributed by atoms with Crippen LogP contribution in [0.15, 0.2) is 24.3 Å². The van der Waals surface area contributed by atoms with Crippen molar-refractivity contribution in [2.75, 3.05) is 11.9 Å². The van der Waals surface area contributed by atoms with Gasteiger partial charge in [-0.1, -0.05) is 32.9 Å². The van der Waals surface area contributed by atoms with Crippen molar-refractivity contribution in [3.63, 3.8) is 0 Å². The average molecular weight is 274 g/mol. The van der Waals surface area contributed by atoms with Gasteiger partial charge in [-0.05, 0) is 49.4 Å². The second-order valence-electron chi connectivity index (χ2n) is 6.89. The summed E-state index contributed by atoms with van der Waals surface area (Å²) in [5.41, 5.74) is 2.33. The van der Waals surface area contributed by atoms with E-state index in [1.165, 1.54) is 5.56 Å². The highest BCUT2D eigenvalue weighted by Gasteiger charge is 2.24. The lowest BCUT2D eigenvalue weighted by Gasteiger charge is -2.27. The van der Waals surface area contributed by atoms with Crippen LogP contribution in [0.3, 0.4) is 0 Å². The lowest BCUT2D eigenvalue weighted by molar-refractivity contribution is -0.120. The van der Waals surface area contributed by atoms with Crippen LogP contribution < -0.4 is 10.6 Å². The van der Waals surface area contributed by atoms with Gasteiger partial charge in [-0.25, -0.2) is 0 Å². The van der Waals surface area contributed by atoms with Crippen molar-refractivity contribution in [1.29, 1.82) is 0 Å². The Morgan fingerprint density at radius 1 is 1.25 bits per heavy atom. The second-order valence-corrected chi connectivity index (χ2v) is 6.89. The van der Waals surface area contributed by atoms with Crippen LogP contribution in [0.25, 0.3) is 0 Å². The van der Waals surface area contributed by atoms with Gasteiger partial charge in [0.2, 0.25) is 5.91 Å². The van der Waals surface area contributed by atoms with Crippen LogP contribution in [0.1, 0.15) is 46.1 Å². The summed E-state index contributed by atoms with van der Waals surface area (Å²) in [6.45, 7) is 9.64. The highest BCUT2D eigenvalue weighted by Crippen LogP contribution is 2.24. The maximum absolute atomic E-state index is 12.3. The van der Waals surface area contributed by atoms with Gasteiger partial charge in [-0.15, -0.1) is 0 Å². The number of amides is 1. The van der Waals surface area contributed by atoms with Gasteiger partial charge in [0.15, 0.2) is 0 Å². The van der Waals surface area contributed by atoms with E-state index in [0.717, 1.165) is 25.1 Å². The first-order valence-electron chi connectivity index (χ1n) is 7.51. The number of rotatable bonds is 2. The summed E-state index contributed by atoms with van der Waals surface area (Å²) in [6, 6.07) is 8.63. The van der Waals surface area contributed by atoms with Crippen LogP contribution in [0, 0.1) is 5.92 Å². The summed E-state index contributed by atoms with van der Waals surface area (Å²) < 4.78 is 0. The molecular weight excluding hydrogens is 248 g/mol. The summed E-state index contributed by atoms with van der Waals surface area (Å²) in [5, 5.41) is 6.42. The summed E-state index contributed by atoms with van der Waals surface area (Å²) in [4.78, 5) is 12.3. The largest absolute Gasteiger partial charge is 0.326 e. The van der Waals surface area contributed by atoms with E-state index >= 15 is 0 Å². The number of carbonyl (C=O) groups is 1. The zero-order chi connectivity index (χ0) is 14.8. The minimum Gasteiger partial charge on any atom is -0.326 e. The average Bonchev–Trinajstić information content (AvgIpc) is 2.38. The molecule has 0 radical (unpaired) electrons. The van der Waals surface area contributed by atoms with Gasteiger partial charge in [0.05, 0.1) is 0 Å². The third-order valence-electron chi connectivity index (χ3n) is 4.01. The molecule has 2 unspecified atom stereocenters. The molecule has 110 valence electrons. The molecule has 3 heteroatoms. The number of hydrogen-bond acceptors (Lipinski definition) is 2. The van der Waals surface area contributed by atoms with Gasteiger partial charge in [-0.3, -0.25) is 4.79 Å². The number of anilines is 1. The monoisotopic (exact) mass is 274 g/mol. The van der Waals surface area contributed by atoms with Crippen molar-refractivity contribution in [2.45, 2.75) is 52.0 Å². The van der Waals surface area contributed by atoms with E-state index in [1.807, 2.05) is 12.1 Å². The van der Waals surface area contributed by atoms with Crippen molar-refractivity contribution in [3.8, 4) is 0 Å². The maximum atomic E-state index is 12.3. The third kappa shape index (κ3) is 3.83. The van der Waals surface area contributed by atoms with Gasteiger partial charge in [0, 0.05) is 17.6 Å². The van der Waals surface area contributed by atoms with E-state index in [0.29, 0.717) is 6.04 Å². The summed E-state index contributed by atoms with van der Waals surface area (Å²) >= 11 is 0. The topological polar surface area (TPSA) is 41.1 Å². The molecule has 1 aliphatic rings. The normalized spacial score (nSPS) is 23.4. The molecule has 1 saturated heterocycles. The Hall–Kier alpha value is -1.35. The quantitative estimate of drug-likeness (QED) is 0.868. The minimum atomic E-state index is 0.133. The molecule has 3 nitrogen and oxygen atoms in total. The van der Waals surface area contributed by atoms with E-state index in [1.54, 1.807) is 0 Å². The van der Waals surface area contributed by atoms with Gasteiger partial charge >= 0.3 is 0 Å². The van der Waals surface area contributed by atoms with Crippen molar-refractivity contribution in [3.05, 3.63) is 29.8 Å². The Labute approximate surface area is 122 Å². The summed E-state index contributed by atoms with van der Waals surface area (Å²) in [6.07, 6.45) is 1.85. The Bertz CT molecular complexity index is 459. The van der Waals surface area contributed by atoms with E-state index in [4.69, 9.17) is 0 Å². The van der Waals surface area contributed by atoms with Crippen LogP contribution >= 0.6 is 0 Å². The molecule has 0 aromatic heterocycles. The van der Waals surface area contributed by atoms with E-state index < -0.39 is 0 Å². The smallest absolute Gasteiger partial charge is 0.227 e. The lowest BCUT2D eigenvalue weighted by atomic mass is 9.87. The molecular formula is C17H26N2O. The fourth-order valence-electron chi connectivity index (χ4n) is 2.67. The van der Waals surface area contributed by atoms with Crippen LogP contribution in [0.5, 0.6) is 0 Å². The highest BCUT2D eigenvalue weighted by atomic mass is 16.1. The molecule has 0 saturated carbocycles. The van der Waals surface area contributed by atoms with Gasteiger partial charge < -0.3 is 10.6 Å². The molecule has 0 spiro atoms. The molecule has 0 aliphatic carbocycles. The first-order valence-corrected chi connectivity index (χ1v) is 7.51. The van der Waals surface area contributed by atoms with Gasteiger partial charge in [-0.2, -0.15) is 0 Å². The van der Waals surface area contributed by atoms with Crippen LogP contribution in [0.4, 0.5) is 5.69 Å². The highest BCUT2D eigenvalue weighted by molar-refractivity contribution is 5.92. The fraction of sp³-hybridized carbons (Fsp3) is 0.588. The zero-order valence-electron chi connectivity index (χ0n) is 13.0. The Morgan fingerprint density at radius 3 is 2.45 bits per heavy atom. The van der Waals surface area contributed by atoms with Crippen LogP contribution in [-0.4, -0.2) is 18.5 Å². The molecule has 0 bridgehead atoms. The van der Waals surface area contributed by atoms with Crippen molar-refractivity contribution < 1.29 is 4.79 Å². The zero-order valence-corrected chi connectivity index (χ0v) is 13.0. The molecule has 1 aromatic carbocycles. The predicted octanol–water partition coefficient (Wildman–Crippen LogP) is 3.31. The number of carbonyl (C=O) groups excluding carboxylic acids is 1. The van der Waals surface area contributed by atoms with Crippen molar-refractivity contribution in [2.24, 2.45) is 5.92 Å². The minimum absolute atomic E-state index is 0.133. The fourth-order valence-corrected chi connectivity index (χ4v) is 2.67. The van der Waals surface area contributed by atoms with Crippen LogP contribution in [-0.2, 0) is 10.2 Å². The predicted molar refractivity (Wildman–Crippen MR) is 84.0 cm³/mol. The Kier molecular flexibility index (Phi) is 4.48. The molecule has 2 atom stereocenters. The van der Waals surface area contributed by atoms with Crippen molar-refractivity contribution >= 4 is 11.6 Å². The number of benzene rings is 1. The molecule has 2 N–H and O–H groups in total. The van der Waals surface area contributed by atoms with E-state index in [2.05, 4.69) is 50.5 Å². The van der Waals surface area contributed by atoms with E-state index in [-0.39, 0.29) is 17.2 Å². The standard InChI is InChI=1S/C17H26N2O/c1-12-11-13(9-10-18-12)16(20)19-15-7-5-14(6-8-15)17(2,3)4/h5-8,12-13,18H,9-11H2,1-4H3,(H,19,20). The summed E-state index contributed by atoms with van der Waals surface area (Å²) in [5.74, 6) is 0.287. The molecule has 1 amide bonds. The van der Waals surface area contributed by atoms with Crippen LogP contribution in [0.2, 0.25) is 0 Å². The maximum Gasteiger partial charge on any atom is 0.227 e. The van der Waals surface area contributed by atoms with Gasteiger partial charge in [0.25, 0.3) is 0 Å². The molecule has 2 rings (SSSR count). The Balaban J connectivity index is 1.97. The van der Waals surface area contributed by atoms with Crippen molar-refractivity contribution in [1.82, 2.24) is 5.32 Å². The SMILES string of the molecule is CC1CC(C(=O)Nc2ccc(C(C)(C)C)cc2)CCN1.